The van der Waals surface area contributed by atoms with Crippen LogP contribution < -0.4 is 0 Å². The van der Waals surface area contributed by atoms with Crippen LogP contribution in [0.5, 0.6) is 0 Å². The zero-order valence-corrected chi connectivity index (χ0v) is 7.66. The Morgan fingerprint density at radius 2 is 2.46 bits per heavy atom. The van der Waals surface area contributed by atoms with E-state index in [2.05, 4.69) is 16.9 Å². The van der Waals surface area contributed by atoms with E-state index in [1.165, 1.54) is 0 Å². The Kier molecular flexibility index (Phi) is 2.10. The lowest BCUT2D eigenvalue weighted by Crippen LogP contribution is -2.28. The molecule has 3 heteroatoms. The minimum Gasteiger partial charge on any atom is -0.302 e. The van der Waals surface area contributed by atoms with E-state index < -0.39 is 0 Å². The molecule has 1 aromatic heterocycles. The SMILES string of the molecule is CN1CCc2nccc(C=O)c2C1. The van der Waals surface area contributed by atoms with Crippen molar-refractivity contribution in [1.82, 2.24) is 9.88 Å². The average Bonchev–Trinajstić information content (AvgIpc) is 2.17. The van der Waals surface area contributed by atoms with Gasteiger partial charge in [-0.05, 0) is 18.7 Å². The minimum absolute atomic E-state index is 0.788. The standard InChI is InChI=1S/C10H12N2O/c1-12-5-3-10-9(6-12)8(7-13)2-4-11-10/h2,4,7H,3,5-6H2,1H3. The van der Waals surface area contributed by atoms with Crippen LogP contribution in [0.25, 0.3) is 0 Å². The van der Waals surface area contributed by atoms with Gasteiger partial charge in [0, 0.05) is 37.0 Å². The number of likely N-dealkylation sites (N-methyl/N-ethyl adjacent to an activating group) is 1. The van der Waals surface area contributed by atoms with Crippen LogP contribution in [0.4, 0.5) is 0 Å². The number of hydrogen-bond acceptors (Lipinski definition) is 3. The highest BCUT2D eigenvalue weighted by Crippen LogP contribution is 2.18. The highest BCUT2D eigenvalue weighted by Gasteiger charge is 2.16. The number of hydrogen-bond donors (Lipinski definition) is 0. The van der Waals surface area contributed by atoms with Crippen molar-refractivity contribution in [2.45, 2.75) is 13.0 Å². The third kappa shape index (κ3) is 1.47. The molecule has 0 radical (unpaired) electrons. The molecule has 0 amide bonds. The Hall–Kier alpha value is -1.22. The fourth-order valence-electron chi connectivity index (χ4n) is 1.71. The molecule has 68 valence electrons. The van der Waals surface area contributed by atoms with E-state index in [0.29, 0.717) is 0 Å². The van der Waals surface area contributed by atoms with E-state index in [0.717, 1.165) is 42.6 Å². The number of carbonyl (C=O) groups excluding carboxylic acids is 1. The minimum atomic E-state index is 0.788. The fraction of sp³-hybridized carbons (Fsp3) is 0.400. The summed E-state index contributed by atoms with van der Waals surface area (Å²) < 4.78 is 0. The van der Waals surface area contributed by atoms with Crippen LogP contribution in [-0.4, -0.2) is 29.8 Å². The zero-order chi connectivity index (χ0) is 9.26. The normalized spacial score (nSPS) is 16.7. The molecule has 2 heterocycles. The maximum absolute atomic E-state index is 10.7. The first kappa shape index (κ1) is 8.38. The van der Waals surface area contributed by atoms with Gasteiger partial charge in [-0.2, -0.15) is 0 Å². The molecule has 1 aromatic rings. The molecule has 0 spiro atoms. The summed E-state index contributed by atoms with van der Waals surface area (Å²) in [4.78, 5) is 17.2. The quantitative estimate of drug-likeness (QED) is 0.595. The van der Waals surface area contributed by atoms with Crippen molar-refractivity contribution in [1.29, 1.82) is 0 Å². The molecule has 3 nitrogen and oxygen atoms in total. The Morgan fingerprint density at radius 1 is 1.62 bits per heavy atom. The molecular formula is C10H12N2O. The summed E-state index contributed by atoms with van der Waals surface area (Å²) in [7, 11) is 2.06. The van der Waals surface area contributed by atoms with Crippen LogP contribution in [0, 0.1) is 0 Å². The number of carbonyl (C=O) groups is 1. The molecule has 0 saturated carbocycles. The van der Waals surface area contributed by atoms with Gasteiger partial charge in [-0.25, -0.2) is 0 Å². The summed E-state index contributed by atoms with van der Waals surface area (Å²) in [5.41, 5.74) is 2.98. The summed E-state index contributed by atoms with van der Waals surface area (Å²) in [6.07, 6.45) is 3.58. The van der Waals surface area contributed by atoms with E-state index in [1.807, 2.05) is 0 Å². The van der Waals surface area contributed by atoms with Gasteiger partial charge in [0.1, 0.15) is 6.29 Å². The van der Waals surface area contributed by atoms with Gasteiger partial charge in [0.05, 0.1) is 0 Å². The zero-order valence-electron chi connectivity index (χ0n) is 7.66. The molecule has 13 heavy (non-hydrogen) atoms. The van der Waals surface area contributed by atoms with Gasteiger partial charge in [0.2, 0.25) is 0 Å². The van der Waals surface area contributed by atoms with E-state index in [4.69, 9.17) is 0 Å². The van der Waals surface area contributed by atoms with Crippen LogP contribution in [0.15, 0.2) is 12.3 Å². The van der Waals surface area contributed by atoms with Crippen LogP contribution in [0.3, 0.4) is 0 Å². The first-order valence-corrected chi connectivity index (χ1v) is 4.41. The van der Waals surface area contributed by atoms with E-state index in [-0.39, 0.29) is 0 Å². The van der Waals surface area contributed by atoms with Crippen molar-refractivity contribution < 1.29 is 4.79 Å². The summed E-state index contributed by atoms with van der Waals surface area (Å²) in [5, 5.41) is 0. The van der Waals surface area contributed by atoms with Gasteiger partial charge >= 0.3 is 0 Å². The molecule has 0 saturated heterocycles. The van der Waals surface area contributed by atoms with Gasteiger partial charge < -0.3 is 4.90 Å². The summed E-state index contributed by atoms with van der Waals surface area (Å²) >= 11 is 0. The largest absolute Gasteiger partial charge is 0.302 e. The average molecular weight is 176 g/mol. The molecule has 2 rings (SSSR count). The van der Waals surface area contributed by atoms with Gasteiger partial charge in [0.15, 0.2) is 0 Å². The number of fused-ring (bicyclic) bond motifs is 1. The van der Waals surface area contributed by atoms with Crippen molar-refractivity contribution in [3.05, 3.63) is 29.1 Å². The Bertz CT molecular complexity index is 336. The van der Waals surface area contributed by atoms with E-state index in [1.54, 1.807) is 12.3 Å². The maximum Gasteiger partial charge on any atom is 0.150 e. The smallest absolute Gasteiger partial charge is 0.150 e. The van der Waals surface area contributed by atoms with Gasteiger partial charge in [-0.3, -0.25) is 9.78 Å². The molecule has 1 aliphatic heterocycles. The Morgan fingerprint density at radius 3 is 3.23 bits per heavy atom. The molecule has 0 atom stereocenters. The second kappa shape index (κ2) is 3.26. The lowest BCUT2D eigenvalue weighted by atomic mass is 10.0. The van der Waals surface area contributed by atoms with Crippen molar-refractivity contribution in [3.63, 3.8) is 0 Å². The third-order valence-electron chi connectivity index (χ3n) is 2.47. The lowest BCUT2D eigenvalue weighted by Gasteiger charge is -2.24. The number of pyridine rings is 1. The first-order chi connectivity index (χ1) is 6.31. The predicted octanol–water partition coefficient (Wildman–Crippen LogP) is 0.882. The van der Waals surface area contributed by atoms with E-state index in [9.17, 15) is 4.79 Å². The van der Waals surface area contributed by atoms with Gasteiger partial charge in [-0.1, -0.05) is 0 Å². The Labute approximate surface area is 77.4 Å². The second-order valence-electron chi connectivity index (χ2n) is 3.43. The summed E-state index contributed by atoms with van der Waals surface area (Å²) in [6, 6.07) is 1.78. The Balaban J connectivity index is 2.46. The van der Waals surface area contributed by atoms with Gasteiger partial charge in [0.25, 0.3) is 0 Å². The number of nitrogens with zero attached hydrogens (tertiary/aromatic N) is 2. The van der Waals surface area contributed by atoms with E-state index >= 15 is 0 Å². The van der Waals surface area contributed by atoms with Crippen molar-refractivity contribution in [2.24, 2.45) is 0 Å². The first-order valence-electron chi connectivity index (χ1n) is 4.41. The molecule has 0 fully saturated rings. The molecule has 0 bridgehead atoms. The van der Waals surface area contributed by atoms with Crippen LogP contribution >= 0.6 is 0 Å². The van der Waals surface area contributed by atoms with Gasteiger partial charge in [-0.15, -0.1) is 0 Å². The molecular weight excluding hydrogens is 164 g/mol. The number of aldehydes is 1. The fourth-order valence-corrected chi connectivity index (χ4v) is 1.71. The molecule has 0 aliphatic carbocycles. The molecule has 0 N–H and O–H groups in total. The highest BCUT2D eigenvalue weighted by atomic mass is 16.1. The summed E-state index contributed by atoms with van der Waals surface area (Å²) in [6.45, 7) is 1.87. The summed E-state index contributed by atoms with van der Waals surface area (Å²) in [5.74, 6) is 0. The maximum atomic E-state index is 10.7. The van der Waals surface area contributed by atoms with Crippen molar-refractivity contribution in [3.8, 4) is 0 Å². The topological polar surface area (TPSA) is 33.2 Å². The van der Waals surface area contributed by atoms with Crippen LogP contribution in [0.2, 0.25) is 0 Å². The lowest BCUT2D eigenvalue weighted by molar-refractivity contribution is 0.112. The van der Waals surface area contributed by atoms with Crippen LogP contribution in [-0.2, 0) is 13.0 Å². The highest BCUT2D eigenvalue weighted by molar-refractivity contribution is 5.77. The third-order valence-corrected chi connectivity index (χ3v) is 2.47. The second-order valence-corrected chi connectivity index (χ2v) is 3.43. The predicted molar refractivity (Wildman–Crippen MR) is 49.7 cm³/mol. The van der Waals surface area contributed by atoms with Crippen molar-refractivity contribution in [2.75, 3.05) is 13.6 Å². The number of aromatic nitrogens is 1. The molecule has 0 unspecified atom stereocenters. The molecule has 0 aromatic carbocycles. The molecule has 1 aliphatic rings. The number of rotatable bonds is 1. The van der Waals surface area contributed by atoms with Crippen molar-refractivity contribution >= 4 is 6.29 Å². The monoisotopic (exact) mass is 176 g/mol. The van der Waals surface area contributed by atoms with Crippen LogP contribution in [0.1, 0.15) is 21.6 Å².